The maximum Gasteiger partial charge on any atom is 0.410 e. The van der Waals surface area contributed by atoms with Gasteiger partial charge in [0.05, 0.1) is 17.6 Å². The maximum absolute atomic E-state index is 13.2. The van der Waals surface area contributed by atoms with Crippen molar-refractivity contribution >= 4 is 44.8 Å². The Balaban J connectivity index is 1.30. The van der Waals surface area contributed by atoms with Gasteiger partial charge in [0.1, 0.15) is 11.3 Å². The number of thiophene rings is 1. The molecular formula is C27H28N6O3S. The highest BCUT2D eigenvalue weighted by molar-refractivity contribution is 7.17. The van der Waals surface area contributed by atoms with Gasteiger partial charge in [-0.15, -0.1) is 11.3 Å². The number of carbonyl (C=O) groups is 2. The number of pyridine rings is 1. The van der Waals surface area contributed by atoms with Crippen LogP contribution in [-0.4, -0.2) is 63.6 Å². The number of aromatic nitrogens is 3. The molecule has 1 fully saturated rings. The SMILES string of the molecule is CC(C)(C)OC(=O)N1CCN(c2ccncc2NC(=O)c2ccnc(-c3cccc4sccc34)n2)CC1. The Bertz CT molecular complexity index is 1440. The fourth-order valence-electron chi connectivity index (χ4n) is 4.21. The number of hydrogen-bond donors (Lipinski definition) is 1. The Morgan fingerprint density at radius 3 is 2.62 bits per heavy atom. The van der Waals surface area contributed by atoms with E-state index in [9.17, 15) is 9.59 Å². The normalized spacial score (nSPS) is 14.0. The summed E-state index contributed by atoms with van der Waals surface area (Å²) >= 11 is 1.65. The number of anilines is 2. The summed E-state index contributed by atoms with van der Waals surface area (Å²) in [5.74, 6) is 0.157. The molecule has 2 amide bonds. The molecule has 0 unspecified atom stereocenters. The molecule has 0 aliphatic carbocycles. The lowest BCUT2D eigenvalue weighted by Gasteiger charge is -2.37. The summed E-state index contributed by atoms with van der Waals surface area (Å²) in [5.41, 5.74) is 2.04. The highest BCUT2D eigenvalue weighted by atomic mass is 32.1. The predicted molar refractivity (Wildman–Crippen MR) is 145 cm³/mol. The maximum atomic E-state index is 13.2. The molecule has 1 aromatic carbocycles. The third kappa shape index (κ3) is 5.54. The van der Waals surface area contributed by atoms with Crippen molar-refractivity contribution in [3.63, 3.8) is 0 Å². The van der Waals surface area contributed by atoms with Crippen LogP contribution in [0.5, 0.6) is 0 Å². The highest BCUT2D eigenvalue weighted by Crippen LogP contribution is 2.30. The largest absolute Gasteiger partial charge is 0.444 e. The Labute approximate surface area is 219 Å². The van der Waals surface area contributed by atoms with Crippen LogP contribution in [0, 0.1) is 0 Å². The van der Waals surface area contributed by atoms with Crippen LogP contribution in [0.2, 0.25) is 0 Å². The summed E-state index contributed by atoms with van der Waals surface area (Å²) in [5, 5.41) is 6.05. The Kier molecular flexibility index (Phi) is 6.75. The number of ether oxygens (including phenoxy) is 1. The number of nitrogens with zero attached hydrogens (tertiary/aromatic N) is 5. The molecule has 0 radical (unpaired) electrons. The number of rotatable bonds is 4. The third-order valence-corrected chi connectivity index (χ3v) is 6.83. The van der Waals surface area contributed by atoms with Gasteiger partial charge < -0.3 is 19.9 Å². The second kappa shape index (κ2) is 10.1. The third-order valence-electron chi connectivity index (χ3n) is 5.94. The van der Waals surface area contributed by atoms with E-state index in [-0.39, 0.29) is 17.7 Å². The number of piperazine rings is 1. The monoisotopic (exact) mass is 516 g/mol. The molecule has 1 aliphatic rings. The van der Waals surface area contributed by atoms with E-state index in [2.05, 4.69) is 31.2 Å². The van der Waals surface area contributed by atoms with Crippen molar-refractivity contribution in [2.75, 3.05) is 36.4 Å². The van der Waals surface area contributed by atoms with E-state index in [1.807, 2.05) is 50.4 Å². The molecule has 0 spiro atoms. The molecule has 4 aromatic rings. The summed E-state index contributed by atoms with van der Waals surface area (Å²) in [7, 11) is 0. The van der Waals surface area contributed by atoms with Crippen molar-refractivity contribution in [3.8, 4) is 11.4 Å². The van der Waals surface area contributed by atoms with E-state index >= 15 is 0 Å². The van der Waals surface area contributed by atoms with Gasteiger partial charge in [0, 0.05) is 54.2 Å². The van der Waals surface area contributed by atoms with Gasteiger partial charge >= 0.3 is 6.09 Å². The molecule has 4 heterocycles. The first kappa shape index (κ1) is 24.6. The highest BCUT2D eigenvalue weighted by Gasteiger charge is 2.27. The van der Waals surface area contributed by atoms with Crippen molar-refractivity contribution < 1.29 is 14.3 Å². The summed E-state index contributed by atoms with van der Waals surface area (Å²) in [6.45, 7) is 7.83. The summed E-state index contributed by atoms with van der Waals surface area (Å²) < 4.78 is 6.64. The quantitative estimate of drug-likeness (QED) is 0.404. The van der Waals surface area contributed by atoms with E-state index in [1.54, 1.807) is 40.9 Å². The van der Waals surface area contributed by atoms with Crippen LogP contribution >= 0.6 is 11.3 Å². The van der Waals surface area contributed by atoms with Crippen LogP contribution in [0.4, 0.5) is 16.2 Å². The lowest BCUT2D eigenvalue weighted by Crippen LogP contribution is -2.50. The average Bonchev–Trinajstić information content (AvgIpc) is 3.37. The number of benzene rings is 1. The topological polar surface area (TPSA) is 101 Å². The lowest BCUT2D eigenvalue weighted by molar-refractivity contribution is 0.0240. The van der Waals surface area contributed by atoms with E-state index in [0.29, 0.717) is 37.7 Å². The lowest BCUT2D eigenvalue weighted by atomic mass is 10.1. The molecule has 0 atom stereocenters. The zero-order valence-corrected chi connectivity index (χ0v) is 21.8. The molecule has 10 heteroatoms. The van der Waals surface area contributed by atoms with Crippen LogP contribution in [0.3, 0.4) is 0 Å². The minimum absolute atomic E-state index is 0.266. The molecule has 0 bridgehead atoms. The van der Waals surface area contributed by atoms with Gasteiger partial charge in [-0.1, -0.05) is 12.1 Å². The number of carbonyl (C=O) groups excluding carboxylic acids is 2. The molecule has 37 heavy (non-hydrogen) atoms. The minimum atomic E-state index is -0.534. The molecule has 5 rings (SSSR count). The van der Waals surface area contributed by atoms with E-state index < -0.39 is 5.60 Å². The molecular weight excluding hydrogens is 488 g/mol. The van der Waals surface area contributed by atoms with Crippen LogP contribution in [0.1, 0.15) is 31.3 Å². The second-order valence-corrected chi connectivity index (χ2v) is 10.7. The zero-order valence-electron chi connectivity index (χ0n) is 21.0. The first-order chi connectivity index (χ1) is 17.8. The van der Waals surface area contributed by atoms with Crippen molar-refractivity contribution in [3.05, 3.63) is 66.1 Å². The average molecular weight is 517 g/mol. The fourth-order valence-corrected chi connectivity index (χ4v) is 5.02. The van der Waals surface area contributed by atoms with Crippen LogP contribution < -0.4 is 10.2 Å². The van der Waals surface area contributed by atoms with Crippen LogP contribution in [0.25, 0.3) is 21.5 Å². The summed E-state index contributed by atoms with van der Waals surface area (Å²) in [4.78, 5) is 42.6. The van der Waals surface area contributed by atoms with Crippen molar-refractivity contribution in [2.24, 2.45) is 0 Å². The van der Waals surface area contributed by atoms with Crippen molar-refractivity contribution in [2.45, 2.75) is 26.4 Å². The first-order valence-electron chi connectivity index (χ1n) is 12.1. The molecule has 1 aliphatic heterocycles. The van der Waals surface area contributed by atoms with E-state index in [1.165, 1.54) is 0 Å². The summed E-state index contributed by atoms with van der Waals surface area (Å²) in [6, 6.07) is 11.5. The van der Waals surface area contributed by atoms with Crippen LogP contribution in [0.15, 0.2) is 60.4 Å². The first-order valence-corrected chi connectivity index (χ1v) is 12.9. The van der Waals surface area contributed by atoms with Crippen molar-refractivity contribution in [1.82, 2.24) is 19.9 Å². The molecule has 0 saturated carbocycles. The molecule has 3 aromatic heterocycles. The van der Waals surface area contributed by atoms with E-state index in [4.69, 9.17) is 4.74 Å². The van der Waals surface area contributed by atoms with Gasteiger partial charge in [-0.25, -0.2) is 14.8 Å². The van der Waals surface area contributed by atoms with Crippen molar-refractivity contribution in [1.29, 1.82) is 0 Å². The zero-order chi connectivity index (χ0) is 26.0. The van der Waals surface area contributed by atoms with Crippen LogP contribution in [-0.2, 0) is 4.74 Å². The minimum Gasteiger partial charge on any atom is -0.444 e. The van der Waals surface area contributed by atoms with Gasteiger partial charge in [0.2, 0.25) is 0 Å². The number of hydrogen-bond acceptors (Lipinski definition) is 8. The smallest absolute Gasteiger partial charge is 0.410 e. The van der Waals surface area contributed by atoms with E-state index in [0.717, 1.165) is 21.3 Å². The molecule has 1 N–H and O–H groups in total. The molecule has 190 valence electrons. The summed E-state index contributed by atoms with van der Waals surface area (Å²) in [6.07, 6.45) is 4.60. The van der Waals surface area contributed by atoms with Gasteiger partial charge in [-0.3, -0.25) is 9.78 Å². The Morgan fingerprint density at radius 2 is 1.84 bits per heavy atom. The number of amides is 2. The fraction of sp³-hybridized carbons (Fsp3) is 0.296. The predicted octanol–water partition coefficient (Wildman–Crippen LogP) is 5.06. The van der Waals surface area contributed by atoms with Gasteiger partial charge in [-0.2, -0.15) is 0 Å². The van der Waals surface area contributed by atoms with Gasteiger partial charge in [-0.05, 0) is 50.4 Å². The standard InChI is InChI=1S/C27H28N6O3S/c1-27(2,3)36-26(35)33-14-12-32(13-15-33)22-8-10-28-17-21(22)31-25(34)20-7-11-29-24(30-20)19-5-4-6-23-18(19)9-16-37-23/h4-11,16-17H,12-15H2,1-3H3,(H,31,34). The Hall–Kier alpha value is -4.05. The van der Waals surface area contributed by atoms with Gasteiger partial charge in [0.25, 0.3) is 5.91 Å². The number of nitrogens with one attached hydrogen (secondary N) is 1. The Morgan fingerprint density at radius 1 is 1.03 bits per heavy atom. The molecule has 1 saturated heterocycles. The molecule has 9 nitrogen and oxygen atoms in total. The number of fused-ring (bicyclic) bond motifs is 1. The second-order valence-electron chi connectivity index (χ2n) is 9.70. The van der Waals surface area contributed by atoms with Gasteiger partial charge in [0.15, 0.2) is 5.82 Å².